The predicted molar refractivity (Wildman–Crippen MR) is 159 cm³/mol. The van der Waals surface area contributed by atoms with E-state index in [4.69, 9.17) is 14.2 Å². The van der Waals surface area contributed by atoms with Gasteiger partial charge in [-0.05, 0) is 81.4 Å². The average Bonchev–Trinajstić information content (AvgIpc) is 2.86. The molecule has 2 aliphatic rings. The first-order valence-corrected chi connectivity index (χ1v) is 15.7. The van der Waals surface area contributed by atoms with Gasteiger partial charge in [0.05, 0.1) is 6.42 Å². The van der Waals surface area contributed by atoms with Gasteiger partial charge in [-0.25, -0.2) is 0 Å². The molecule has 0 bridgehead atoms. The number of hydrogen-bond acceptors (Lipinski definition) is 6. The lowest BCUT2D eigenvalue weighted by Gasteiger charge is -2.50. The molecule has 1 aromatic carbocycles. The summed E-state index contributed by atoms with van der Waals surface area (Å²) in [6.45, 7) is 16.9. The molecule has 1 fully saturated rings. The number of hydrogen-bond donors (Lipinski definition) is 1. The highest BCUT2D eigenvalue weighted by Crippen LogP contribution is 2.51. The van der Waals surface area contributed by atoms with Crippen LogP contribution < -0.4 is 4.74 Å². The number of esters is 2. The van der Waals surface area contributed by atoms with E-state index in [0.717, 1.165) is 41.4 Å². The Labute approximate surface area is 242 Å². The molecule has 0 saturated carbocycles. The van der Waals surface area contributed by atoms with E-state index in [1.54, 1.807) is 0 Å². The molecule has 0 radical (unpaired) electrons. The first-order chi connectivity index (χ1) is 18.8. The van der Waals surface area contributed by atoms with E-state index in [2.05, 4.69) is 27.7 Å². The summed E-state index contributed by atoms with van der Waals surface area (Å²) in [5.74, 6) is 0.706. The van der Waals surface area contributed by atoms with Gasteiger partial charge >= 0.3 is 11.9 Å². The van der Waals surface area contributed by atoms with Gasteiger partial charge in [0.1, 0.15) is 11.5 Å². The summed E-state index contributed by atoms with van der Waals surface area (Å²) in [7, 11) is 0. The highest BCUT2D eigenvalue weighted by molar-refractivity contribution is 5.75. The van der Waals surface area contributed by atoms with E-state index in [1.807, 2.05) is 27.7 Å². The van der Waals surface area contributed by atoms with Crippen molar-refractivity contribution in [2.75, 3.05) is 0 Å². The number of phenolic OH excluding ortho intramolecular Hbond substituents is 1. The van der Waals surface area contributed by atoms with Gasteiger partial charge in [-0.1, -0.05) is 72.6 Å². The van der Waals surface area contributed by atoms with Gasteiger partial charge in [0.2, 0.25) is 0 Å². The highest BCUT2D eigenvalue weighted by Gasteiger charge is 2.60. The van der Waals surface area contributed by atoms with Crippen LogP contribution in [0.15, 0.2) is 0 Å². The monoisotopic (exact) mass is 558 g/mol. The number of carbonyl (C=O) groups excluding carboxylic acids is 2. The molecule has 0 unspecified atom stereocenters. The number of phenols is 1. The van der Waals surface area contributed by atoms with E-state index >= 15 is 0 Å². The fourth-order valence-corrected chi connectivity index (χ4v) is 6.41. The van der Waals surface area contributed by atoms with Gasteiger partial charge < -0.3 is 19.3 Å². The van der Waals surface area contributed by atoms with Crippen LogP contribution in [-0.2, 0) is 25.5 Å². The average molecular weight is 559 g/mol. The number of carbonyl (C=O) groups is 2. The van der Waals surface area contributed by atoms with Crippen molar-refractivity contribution in [3.05, 3.63) is 22.3 Å². The van der Waals surface area contributed by atoms with Crippen LogP contribution in [0.2, 0.25) is 0 Å². The summed E-state index contributed by atoms with van der Waals surface area (Å²) in [5.41, 5.74) is 1.98. The first kappa shape index (κ1) is 32.3. The second kappa shape index (κ2) is 13.6. The Bertz CT molecular complexity index is 1030. The van der Waals surface area contributed by atoms with Crippen molar-refractivity contribution < 1.29 is 28.9 Å². The van der Waals surface area contributed by atoms with Crippen molar-refractivity contribution in [1.29, 1.82) is 0 Å². The third-order valence-electron chi connectivity index (χ3n) is 9.43. The van der Waals surface area contributed by atoms with Crippen molar-refractivity contribution >= 4 is 11.9 Å². The lowest BCUT2D eigenvalue weighted by molar-refractivity contribution is -0.292. The fourth-order valence-electron chi connectivity index (χ4n) is 6.41. The van der Waals surface area contributed by atoms with E-state index in [9.17, 15) is 14.7 Å². The molecule has 6 heteroatoms. The molecule has 1 aromatic rings. The van der Waals surface area contributed by atoms with Gasteiger partial charge in [-0.15, -0.1) is 0 Å². The molecule has 0 amide bonds. The molecule has 6 nitrogen and oxygen atoms in total. The number of ether oxygens (including phenoxy) is 3. The van der Waals surface area contributed by atoms with Crippen molar-refractivity contribution in [1.82, 2.24) is 0 Å². The third-order valence-corrected chi connectivity index (χ3v) is 9.43. The zero-order chi connectivity index (χ0) is 29.7. The zero-order valence-corrected chi connectivity index (χ0v) is 26.4. The summed E-state index contributed by atoms with van der Waals surface area (Å²) in [6, 6.07) is 0. The molecular weight excluding hydrogens is 504 g/mol. The van der Waals surface area contributed by atoms with E-state index in [1.165, 1.54) is 38.5 Å². The van der Waals surface area contributed by atoms with E-state index in [-0.39, 0.29) is 37.0 Å². The largest absolute Gasteiger partial charge is 0.507 e. The van der Waals surface area contributed by atoms with Gasteiger partial charge in [0, 0.05) is 18.4 Å². The number of aromatic hydroxyl groups is 1. The lowest BCUT2D eigenvalue weighted by Crippen LogP contribution is -2.64. The maximum absolute atomic E-state index is 12.8. The minimum absolute atomic E-state index is 0.168. The molecule has 1 spiro atoms. The summed E-state index contributed by atoms with van der Waals surface area (Å²) < 4.78 is 18.8. The molecule has 3 atom stereocenters. The number of benzene rings is 1. The summed E-state index contributed by atoms with van der Waals surface area (Å²) in [6.07, 6.45) is 11.1. The lowest BCUT2D eigenvalue weighted by atomic mass is 9.78. The molecule has 3 rings (SSSR count). The quantitative estimate of drug-likeness (QED) is 0.259. The van der Waals surface area contributed by atoms with Crippen LogP contribution in [0.5, 0.6) is 11.5 Å². The van der Waals surface area contributed by atoms with Crippen LogP contribution in [0.25, 0.3) is 0 Å². The Hall–Kier alpha value is -2.24. The molecule has 0 aliphatic carbocycles. The molecule has 1 saturated heterocycles. The second-order valence-corrected chi connectivity index (χ2v) is 13.5. The Kier molecular flexibility index (Phi) is 11.0. The fraction of sp³-hybridized carbons (Fsp3) is 0.765. The van der Waals surface area contributed by atoms with Crippen LogP contribution in [0, 0.1) is 38.5 Å². The van der Waals surface area contributed by atoms with Gasteiger partial charge in [-0.3, -0.25) is 9.59 Å². The van der Waals surface area contributed by atoms with Crippen LogP contribution in [0.1, 0.15) is 134 Å². The maximum Gasteiger partial charge on any atom is 0.309 e. The van der Waals surface area contributed by atoms with Crippen LogP contribution in [0.4, 0.5) is 0 Å². The Balaban J connectivity index is 1.73. The minimum Gasteiger partial charge on any atom is -0.507 e. The van der Waals surface area contributed by atoms with Crippen molar-refractivity contribution in [2.24, 2.45) is 17.8 Å². The van der Waals surface area contributed by atoms with Gasteiger partial charge in [0.15, 0.2) is 5.60 Å². The predicted octanol–water partition coefficient (Wildman–Crippen LogP) is 8.42. The van der Waals surface area contributed by atoms with E-state index in [0.29, 0.717) is 30.1 Å². The Morgan fingerprint density at radius 3 is 1.82 bits per heavy atom. The summed E-state index contributed by atoms with van der Waals surface area (Å²) >= 11 is 0. The Morgan fingerprint density at radius 1 is 0.750 bits per heavy atom. The van der Waals surface area contributed by atoms with Gasteiger partial charge in [-0.2, -0.15) is 0 Å². The smallest absolute Gasteiger partial charge is 0.309 e. The minimum atomic E-state index is -1.57. The molecule has 0 aromatic heterocycles. The van der Waals surface area contributed by atoms with Crippen LogP contribution in [0.3, 0.4) is 0 Å². The zero-order valence-electron chi connectivity index (χ0n) is 26.4. The molecular formula is C34H54O6. The molecule has 226 valence electrons. The van der Waals surface area contributed by atoms with Crippen molar-refractivity contribution in [3.8, 4) is 11.5 Å². The van der Waals surface area contributed by atoms with Crippen LogP contribution in [-0.4, -0.2) is 28.4 Å². The van der Waals surface area contributed by atoms with Crippen molar-refractivity contribution in [2.45, 2.75) is 150 Å². The SMILES string of the molecule is Cc1c(C)c2c(c(C)c1O)CC1(OC(=O)CCCC(=O)O1)[C@](C)(CCC[C@H](C)CCC[C@@H](C)CCCC(C)C)O2. The maximum atomic E-state index is 12.8. The molecule has 40 heavy (non-hydrogen) atoms. The molecule has 2 heterocycles. The standard InChI is InChI=1S/C34H54O6/c1-22(2)13-9-14-23(3)15-10-16-24(4)17-12-20-33(8)34(38-29(35)18-11-19-30(36)39-34)21-28-27(7)31(37)25(5)26(6)32(28)40-33/h22-24,37H,9-21H2,1-8H3/t23-,24+,33-/m0/s1. The molecule has 2 aliphatic heterocycles. The van der Waals surface area contributed by atoms with E-state index < -0.39 is 11.4 Å². The Morgan fingerprint density at radius 2 is 1.27 bits per heavy atom. The summed E-state index contributed by atoms with van der Waals surface area (Å²) in [5, 5.41) is 10.8. The highest BCUT2D eigenvalue weighted by atomic mass is 16.8. The third kappa shape index (κ3) is 7.53. The number of rotatable bonds is 12. The van der Waals surface area contributed by atoms with Crippen LogP contribution >= 0.6 is 0 Å². The number of fused-ring (bicyclic) bond motifs is 1. The first-order valence-electron chi connectivity index (χ1n) is 15.7. The van der Waals surface area contributed by atoms with Gasteiger partial charge in [0.25, 0.3) is 5.79 Å². The molecule has 1 N–H and O–H groups in total. The normalized spacial score (nSPS) is 22.1. The summed E-state index contributed by atoms with van der Waals surface area (Å²) in [4.78, 5) is 25.6. The van der Waals surface area contributed by atoms with Crippen molar-refractivity contribution in [3.63, 3.8) is 0 Å². The topological polar surface area (TPSA) is 82.1 Å². The second-order valence-electron chi connectivity index (χ2n) is 13.5.